The number of hydrogen-bond donors (Lipinski definition) is 1. The summed E-state index contributed by atoms with van der Waals surface area (Å²) in [6.07, 6.45) is 4.06. The van der Waals surface area contributed by atoms with Gasteiger partial charge in [0.25, 0.3) is 0 Å². The Kier molecular flexibility index (Phi) is 5.86. The van der Waals surface area contributed by atoms with Crippen molar-refractivity contribution in [1.29, 1.82) is 0 Å². The number of para-hydroxylation sites is 1. The van der Waals surface area contributed by atoms with Crippen LogP contribution in [0.1, 0.15) is 18.9 Å². The molecule has 4 heterocycles. The summed E-state index contributed by atoms with van der Waals surface area (Å²) in [5.41, 5.74) is 2.47. The van der Waals surface area contributed by atoms with Crippen molar-refractivity contribution in [3.8, 4) is 0 Å². The number of anilines is 1. The molecule has 2 saturated heterocycles. The number of hydrogen-bond acceptors (Lipinski definition) is 5. The molecule has 5 rings (SSSR count). The lowest BCUT2D eigenvalue weighted by Crippen LogP contribution is -2.52. The summed E-state index contributed by atoms with van der Waals surface area (Å²) in [6.45, 7) is 3.43. The molecule has 34 heavy (non-hydrogen) atoms. The molecule has 0 aliphatic carbocycles. The molecular formula is C24H27N5O4S. The molecular weight excluding hydrogens is 454 g/mol. The zero-order chi connectivity index (χ0) is 23.9. The fraction of sp³-hybridized carbons (Fsp3) is 0.375. The average Bonchev–Trinajstić information content (AvgIpc) is 3.48. The Balaban J connectivity index is 1.25. The molecule has 1 aromatic carbocycles. The first-order valence-electron chi connectivity index (χ1n) is 11.5. The van der Waals surface area contributed by atoms with E-state index in [2.05, 4.69) is 9.97 Å². The second-order valence-corrected chi connectivity index (χ2v) is 10.6. The van der Waals surface area contributed by atoms with E-state index in [1.807, 2.05) is 31.2 Å². The summed E-state index contributed by atoms with van der Waals surface area (Å²) in [7, 11) is -3.71. The number of rotatable bonds is 5. The first-order valence-corrected chi connectivity index (χ1v) is 12.9. The predicted molar refractivity (Wildman–Crippen MR) is 128 cm³/mol. The summed E-state index contributed by atoms with van der Waals surface area (Å²) in [5, 5.41) is 0.554. The zero-order valence-electron chi connectivity index (χ0n) is 19.0. The van der Waals surface area contributed by atoms with E-state index >= 15 is 0 Å². The molecule has 2 fully saturated rings. The van der Waals surface area contributed by atoms with Gasteiger partial charge in [0, 0.05) is 62.6 Å². The highest BCUT2D eigenvalue weighted by molar-refractivity contribution is 7.89. The Morgan fingerprint density at radius 2 is 1.88 bits per heavy atom. The third-order valence-corrected chi connectivity index (χ3v) is 8.66. The number of nitrogens with zero attached hydrogens (tertiary/aromatic N) is 4. The van der Waals surface area contributed by atoms with Gasteiger partial charge in [0.05, 0.1) is 5.92 Å². The normalized spacial score (nSPS) is 19.8. The van der Waals surface area contributed by atoms with E-state index in [9.17, 15) is 18.0 Å². The molecule has 0 bridgehead atoms. The molecule has 9 nitrogen and oxygen atoms in total. The first kappa shape index (κ1) is 22.5. The van der Waals surface area contributed by atoms with Crippen LogP contribution in [0.5, 0.6) is 0 Å². The number of aromatic nitrogens is 2. The van der Waals surface area contributed by atoms with E-state index in [0.717, 1.165) is 17.7 Å². The van der Waals surface area contributed by atoms with Gasteiger partial charge in [-0.1, -0.05) is 25.1 Å². The Labute approximate surface area is 198 Å². The quantitative estimate of drug-likeness (QED) is 0.600. The van der Waals surface area contributed by atoms with Crippen molar-refractivity contribution in [3.63, 3.8) is 0 Å². The molecule has 0 spiro atoms. The van der Waals surface area contributed by atoms with Gasteiger partial charge < -0.3 is 14.8 Å². The molecule has 2 aliphatic heterocycles. The highest BCUT2D eigenvalue weighted by atomic mass is 32.2. The Morgan fingerprint density at radius 3 is 2.65 bits per heavy atom. The van der Waals surface area contributed by atoms with Crippen LogP contribution in [0.15, 0.2) is 53.7 Å². The zero-order valence-corrected chi connectivity index (χ0v) is 19.8. The van der Waals surface area contributed by atoms with Crippen LogP contribution in [0.4, 0.5) is 5.69 Å². The van der Waals surface area contributed by atoms with Crippen molar-refractivity contribution in [2.45, 2.75) is 24.7 Å². The van der Waals surface area contributed by atoms with Crippen molar-refractivity contribution in [2.24, 2.45) is 5.92 Å². The summed E-state index contributed by atoms with van der Waals surface area (Å²) in [6, 6.07) is 11.2. The van der Waals surface area contributed by atoms with Gasteiger partial charge in [0.1, 0.15) is 10.5 Å². The van der Waals surface area contributed by atoms with Crippen LogP contribution in [0, 0.1) is 5.92 Å². The molecule has 1 atom stereocenters. The minimum absolute atomic E-state index is 0.0478. The van der Waals surface area contributed by atoms with Crippen LogP contribution in [0.3, 0.4) is 0 Å². The van der Waals surface area contributed by atoms with Gasteiger partial charge in [-0.25, -0.2) is 13.4 Å². The van der Waals surface area contributed by atoms with Gasteiger partial charge in [-0.05, 0) is 30.2 Å². The van der Waals surface area contributed by atoms with E-state index in [0.29, 0.717) is 30.7 Å². The van der Waals surface area contributed by atoms with Crippen LogP contribution in [-0.4, -0.2) is 72.1 Å². The molecule has 1 unspecified atom stereocenters. The number of amides is 2. The maximum absolute atomic E-state index is 13.2. The molecule has 0 saturated carbocycles. The predicted octanol–water partition coefficient (Wildman–Crippen LogP) is 2.01. The average molecular weight is 482 g/mol. The Morgan fingerprint density at radius 1 is 1.12 bits per heavy atom. The lowest BCUT2D eigenvalue weighted by atomic mass is 10.1. The van der Waals surface area contributed by atoms with Gasteiger partial charge in [-0.2, -0.15) is 4.31 Å². The fourth-order valence-electron chi connectivity index (χ4n) is 4.87. The van der Waals surface area contributed by atoms with E-state index < -0.39 is 15.9 Å². The van der Waals surface area contributed by atoms with Crippen molar-refractivity contribution >= 4 is 38.6 Å². The lowest BCUT2D eigenvalue weighted by Gasteiger charge is -2.35. The SMILES string of the molecule is CCc1ccccc1N1CC(C(=O)N2CCN(S(=O)(=O)c3c[nH]c4ncccc34)CC2)CC1=O. The smallest absolute Gasteiger partial charge is 0.245 e. The molecule has 2 amide bonds. The third kappa shape index (κ3) is 3.86. The third-order valence-electron chi connectivity index (χ3n) is 6.72. The molecule has 1 N–H and O–H groups in total. The molecule has 178 valence electrons. The van der Waals surface area contributed by atoms with Gasteiger partial charge >= 0.3 is 0 Å². The van der Waals surface area contributed by atoms with Crippen LogP contribution in [-0.2, 0) is 26.0 Å². The first-order chi connectivity index (χ1) is 16.4. The van der Waals surface area contributed by atoms with Gasteiger partial charge in [0.2, 0.25) is 21.8 Å². The second-order valence-electron chi connectivity index (χ2n) is 8.67. The number of sulfonamides is 1. The van der Waals surface area contributed by atoms with Crippen LogP contribution < -0.4 is 4.90 Å². The second kappa shape index (κ2) is 8.84. The Bertz CT molecular complexity index is 1340. The number of H-pyrrole nitrogens is 1. The van der Waals surface area contributed by atoms with E-state index in [-0.39, 0.29) is 36.2 Å². The van der Waals surface area contributed by atoms with E-state index in [4.69, 9.17) is 0 Å². The number of benzene rings is 1. The summed E-state index contributed by atoms with van der Waals surface area (Å²) in [4.78, 5) is 36.6. The summed E-state index contributed by atoms with van der Waals surface area (Å²) in [5.74, 6) is -0.549. The fourth-order valence-corrected chi connectivity index (χ4v) is 6.44. The van der Waals surface area contributed by atoms with E-state index in [1.54, 1.807) is 28.1 Å². The van der Waals surface area contributed by atoms with Crippen molar-refractivity contribution < 1.29 is 18.0 Å². The Hall–Kier alpha value is -3.24. The van der Waals surface area contributed by atoms with Gasteiger partial charge in [-0.15, -0.1) is 0 Å². The lowest BCUT2D eigenvalue weighted by molar-refractivity contribution is -0.136. The van der Waals surface area contributed by atoms with Crippen molar-refractivity contribution in [2.75, 3.05) is 37.6 Å². The van der Waals surface area contributed by atoms with Crippen LogP contribution in [0.2, 0.25) is 0 Å². The topological polar surface area (TPSA) is 107 Å². The molecule has 2 aliphatic rings. The summed E-state index contributed by atoms with van der Waals surface area (Å²) >= 11 is 0. The monoisotopic (exact) mass is 481 g/mol. The number of aryl methyl sites for hydroxylation is 1. The minimum atomic E-state index is -3.71. The van der Waals surface area contributed by atoms with Crippen LogP contribution >= 0.6 is 0 Å². The number of pyridine rings is 1. The maximum atomic E-state index is 13.2. The van der Waals surface area contributed by atoms with Gasteiger partial charge in [0.15, 0.2) is 0 Å². The molecule has 2 aromatic heterocycles. The molecule has 0 radical (unpaired) electrons. The maximum Gasteiger partial charge on any atom is 0.245 e. The number of carbonyl (C=O) groups is 2. The van der Waals surface area contributed by atoms with Crippen LogP contribution in [0.25, 0.3) is 11.0 Å². The number of fused-ring (bicyclic) bond motifs is 1. The number of aromatic amines is 1. The number of carbonyl (C=O) groups excluding carboxylic acids is 2. The largest absolute Gasteiger partial charge is 0.345 e. The van der Waals surface area contributed by atoms with Crippen molar-refractivity contribution in [3.05, 3.63) is 54.4 Å². The summed E-state index contributed by atoms with van der Waals surface area (Å²) < 4.78 is 27.9. The van der Waals surface area contributed by atoms with E-state index in [1.165, 1.54) is 10.5 Å². The standard InChI is InChI=1S/C24H27N5O4S/c1-2-17-6-3-4-8-20(17)29-16-18(14-22(29)30)24(31)27-10-12-28(13-11-27)34(32,33)21-15-26-23-19(21)7-5-9-25-23/h3-9,15,18H,2,10-14,16H2,1H3,(H,25,26). The number of nitrogens with one attached hydrogen (secondary N) is 1. The highest BCUT2D eigenvalue weighted by Crippen LogP contribution is 2.30. The van der Waals surface area contributed by atoms with Gasteiger partial charge in [-0.3, -0.25) is 9.59 Å². The number of piperazine rings is 1. The molecule has 10 heteroatoms. The molecule has 3 aromatic rings. The highest BCUT2D eigenvalue weighted by Gasteiger charge is 2.39. The van der Waals surface area contributed by atoms with Crippen molar-refractivity contribution in [1.82, 2.24) is 19.2 Å². The minimum Gasteiger partial charge on any atom is -0.345 e.